The monoisotopic (exact) mass is 378 g/mol. The second kappa shape index (κ2) is 7.17. The Bertz CT molecular complexity index is 1030. The molecule has 1 aliphatic heterocycles. The summed E-state index contributed by atoms with van der Waals surface area (Å²) in [5.41, 5.74) is 1.76. The summed E-state index contributed by atoms with van der Waals surface area (Å²) in [4.78, 5) is 27.9. The lowest BCUT2D eigenvalue weighted by Gasteiger charge is -2.15. The minimum absolute atomic E-state index is 0.170. The van der Waals surface area contributed by atoms with E-state index in [2.05, 4.69) is 5.32 Å². The van der Waals surface area contributed by atoms with E-state index >= 15 is 0 Å². The van der Waals surface area contributed by atoms with Gasteiger partial charge >= 0.3 is 0 Å². The Morgan fingerprint density at radius 3 is 2.44 bits per heavy atom. The molecule has 0 saturated carbocycles. The average molecular weight is 378 g/mol. The maximum atomic E-state index is 13.5. The van der Waals surface area contributed by atoms with Crippen LogP contribution in [-0.2, 0) is 16.1 Å². The van der Waals surface area contributed by atoms with E-state index in [1.807, 2.05) is 41.8 Å². The van der Waals surface area contributed by atoms with Crippen LogP contribution in [0.5, 0.6) is 0 Å². The molecule has 0 saturated heterocycles. The third-order valence-electron chi connectivity index (χ3n) is 4.21. The number of benzene rings is 2. The van der Waals surface area contributed by atoms with E-state index in [-0.39, 0.29) is 18.1 Å². The van der Waals surface area contributed by atoms with Crippen molar-refractivity contribution in [3.05, 3.63) is 94.1 Å². The summed E-state index contributed by atoms with van der Waals surface area (Å²) < 4.78 is 13.5. The van der Waals surface area contributed by atoms with Crippen molar-refractivity contribution >= 4 is 34.4 Å². The molecule has 134 valence electrons. The first-order valence-corrected chi connectivity index (χ1v) is 9.22. The summed E-state index contributed by atoms with van der Waals surface area (Å²) in [5.74, 6) is -1.20. The molecule has 1 N–H and O–H groups in total. The van der Waals surface area contributed by atoms with Crippen LogP contribution in [0, 0.1) is 5.82 Å². The largest absolute Gasteiger partial charge is 0.350 e. The molecule has 6 heteroatoms. The zero-order valence-corrected chi connectivity index (χ0v) is 15.0. The first-order chi connectivity index (χ1) is 13.1. The summed E-state index contributed by atoms with van der Waals surface area (Å²) in [6, 6.07) is 18.8. The first kappa shape index (κ1) is 17.2. The van der Waals surface area contributed by atoms with Crippen LogP contribution in [0.1, 0.15) is 10.4 Å². The fraction of sp³-hybridized carbons (Fsp3) is 0.0476. The Hall–Kier alpha value is -3.25. The van der Waals surface area contributed by atoms with Crippen molar-refractivity contribution in [1.82, 2.24) is 4.90 Å². The van der Waals surface area contributed by atoms with E-state index in [1.165, 1.54) is 28.4 Å². The number of rotatable bonds is 5. The summed E-state index contributed by atoms with van der Waals surface area (Å²) in [6.45, 7) is 0.182. The fourth-order valence-corrected chi connectivity index (χ4v) is 3.73. The van der Waals surface area contributed by atoms with Gasteiger partial charge in [-0.15, -0.1) is 11.3 Å². The summed E-state index contributed by atoms with van der Waals surface area (Å²) >= 11 is 1.38. The highest BCUT2D eigenvalue weighted by Gasteiger charge is 2.39. The van der Waals surface area contributed by atoms with Gasteiger partial charge in [-0.2, -0.15) is 0 Å². The number of nitrogens with zero attached hydrogens (tertiary/aromatic N) is 1. The number of carbonyl (C=O) groups is 2. The molecular weight excluding hydrogens is 363 g/mol. The van der Waals surface area contributed by atoms with Crippen molar-refractivity contribution in [3.8, 4) is 0 Å². The zero-order valence-electron chi connectivity index (χ0n) is 14.2. The van der Waals surface area contributed by atoms with Gasteiger partial charge in [-0.25, -0.2) is 4.39 Å². The molecule has 3 aromatic rings. The lowest BCUT2D eigenvalue weighted by molar-refractivity contribution is -0.137. The van der Waals surface area contributed by atoms with Gasteiger partial charge in [-0.05, 0) is 35.2 Å². The van der Waals surface area contributed by atoms with Gasteiger partial charge in [0, 0.05) is 10.6 Å². The molecule has 0 unspecified atom stereocenters. The van der Waals surface area contributed by atoms with Gasteiger partial charge in [0.1, 0.15) is 11.5 Å². The number of nitrogens with one attached hydrogen (secondary N) is 1. The topological polar surface area (TPSA) is 49.4 Å². The van der Waals surface area contributed by atoms with Crippen LogP contribution < -0.4 is 5.32 Å². The van der Waals surface area contributed by atoms with Crippen LogP contribution in [0.4, 0.5) is 10.1 Å². The van der Waals surface area contributed by atoms with E-state index < -0.39 is 11.7 Å². The van der Waals surface area contributed by atoms with Gasteiger partial charge in [0.05, 0.1) is 12.1 Å². The van der Waals surface area contributed by atoms with Crippen LogP contribution in [-0.4, -0.2) is 16.7 Å². The van der Waals surface area contributed by atoms with E-state index in [0.29, 0.717) is 16.1 Å². The molecule has 0 spiro atoms. The van der Waals surface area contributed by atoms with E-state index in [0.717, 1.165) is 5.56 Å². The molecule has 2 amide bonds. The number of amides is 2. The van der Waals surface area contributed by atoms with Crippen molar-refractivity contribution in [3.63, 3.8) is 0 Å². The quantitative estimate of drug-likeness (QED) is 0.674. The SMILES string of the molecule is O=C1C(Nc2cccc(F)c2)=C(c2cccs2)C(=O)N1Cc1ccccc1. The summed E-state index contributed by atoms with van der Waals surface area (Å²) in [5, 5.41) is 4.80. The number of imide groups is 1. The third-order valence-corrected chi connectivity index (χ3v) is 5.10. The van der Waals surface area contributed by atoms with Crippen molar-refractivity contribution in [2.75, 3.05) is 5.32 Å². The molecule has 2 aromatic carbocycles. The van der Waals surface area contributed by atoms with Crippen molar-refractivity contribution in [2.45, 2.75) is 6.54 Å². The van der Waals surface area contributed by atoms with Gasteiger partial charge in [0.25, 0.3) is 11.8 Å². The van der Waals surface area contributed by atoms with Crippen LogP contribution in [0.3, 0.4) is 0 Å². The second-order valence-corrected chi connectivity index (χ2v) is 6.99. The number of hydrogen-bond acceptors (Lipinski definition) is 4. The molecule has 0 fully saturated rings. The maximum Gasteiger partial charge on any atom is 0.278 e. The molecule has 0 aliphatic carbocycles. The molecule has 27 heavy (non-hydrogen) atoms. The Morgan fingerprint density at radius 1 is 0.926 bits per heavy atom. The van der Waals surface area contributed by atoms with Crippen LogP contribution in [0.2, 0.25) is 0 Å². The maximum absolute atomic E-state index is 13.5. The standard InChI is InChI=1S/C21H15FN2O2S/c22-15-8-4-9-16(12-15)23-19-18(17-10-5-11-27-17)20(25)24(21(19)26)13-14-6-2-1-3-7-14/h1-12,23H,13H2. The minimum atomic E-state index is -0.420. The Morgan fingerprint density at radius 2 is 1.74 bits per heavy atom. The number of thiophene rings is 1. The van der Waals surface area contributed by atoms with Gasteiger partial charge in [0.2, 0.25) is 0 Å². The van der Waals surface area contributed by atoms with E-state index in [1.54, 1.807) is 18.2 Å². The number of hydrogen-bond donors (Lipinski definition) is 1. The molecule has 2 heterocycles. The van der Waals surface area contributed by atoms with Crippen LogP contribution in [0.15, 0.2) is 77.8 Å². The third kappa shape index (κ3) is 3.39. The summed E-state index contributed by atoms with van der Waals surface area (Å²) in [7, 11) is 0. The minimum Gasteiger partial charge on any atom is -0.350 e. The number of halogens is 1. The Balaban J connectivity index is 1.72. The average Bonchev–Trinajstić information content (AvgIpc) is 3.26. The number of anilines is 1. The lowest BCUT2D eigenvalue weighted by atomic mass is 10.2. The van der Waals surface area contributed by atoms with Crippen molar-refractivity contribution in [2.24, 2.45) is 0 Å². The molecular formula is C21H15FN2O2S. The van der Waals surface area contributed by atoms with E-state index in [9.17, 15) is 14.0 Å². The molecule has 4 rings (SSSR count). The van der Waals surface area contributed by atoms with Crippen LogP contribution >= 0.6 is 11.3 Å². The molecule has 0 bridgehead atoms. The molecule has 0 atom stereocenters. The van der Waals surface area contributed by atoms with Gasteiger partial charge in [0.15, 0.2) is 0 Å². The van der Waals surface area contributed by atoms with Crippen LogP contribution in [0.25, 0.3) is 5.57 Å². The molecule has 1 aromatic heterocycles. The number of carbonyl (C=O) groups excluding carboxylic acids is 2. The van der Waals surface area contributed by atoms with Gasteiger partial charge in [-0.3, -0.25) is 14.5 Å². The summed E-state index contributed by atoms with van der Waals surface area (Å²) in [6.07, 6.45) is 0. The molecule has 1 aliphatic rings. The zero-order chi connectivity index (χ0) is 18.8. The van der Waals surface area contributed by atoms with E-state index in [4.69, 9.17) is 0 Å². The normalized spacial score (nSPS) is 14.2. The van der Waals surface area contributed by atoms with Crippen molar-refractivity contribution in [1.29, 1.82) is 0 Å². The predicted octanol–water partition coefficient (Wildman–Crippen LogP) is 4.28. The molecule has 0 radical (unpaired) electrons. The van der Waals surface area contributed by atoms with Crippen molar-refractivity contribution < 1.29 is 14.0 Å². The lowest BCUT2D eigenvalue weighted by Crippen LogP contribution is -2.31. The predicted molar refractivity (Wildman–Crippen MR) is 103 cm³/mol. The Labute approximate surface area is 159 Å². The first-order valence-electron chi connectivity index (χ1n) is 8.34. The second-order valence-electron chi connectivity index (χ2n) is 6.04. The van der Waals surface area contributed by atoms with Gasteiger partial charge < -0.3 is 5.32 Å². The smallest absolute Gasteiger partial charge is 0.278 e. The fourth-order valence-electron chi connectivity index (χ4n) is 2.96. The molecule has 4 nitrogen and oxygen atoms in total. The van der Waals surface area contributed by atoms with Gasteiger partial charge in [-0.1, -0.05) is 42.5 Å². The highest BCUT2D eigenvalue weighted by Crippen LogP contribution is 2.33. The highest BCUT2D eigenvalue weighted by atomic mass is 32.1. The Kier molecular flexibility index (Phi) is 4.56. The highest BCUT2D eigenvalue weighted by molar-refractivity contribution is 7.11.